The van der Waals surface area contributed by atoms with E-state index in [1.165, 1.54) is 116 Å². The van der Waals surface area contributed by atoms with E-state index in [2.05, 4.69) is 67.0 Å². The van der Waals surface area contributed by atoms with E-state index in [1.54, 1.807) is 0 Å². The van der Waals surface area contributed by atoms with Crippen LogP contribution in [-0.2, 0) is 37.5 Å². The molecule has 63 heavy (non-hydrogen) atoms. The molecule has 0 aromatic heterocycles. The highest BCUT2D eigenvalue weighted by Gasteiger charge is 2.28. The van der Waals surface area contributed by atoms with Gasteiger partial charge in [-0.15, -0.1) is 0 Å². The Kier molecular flexibility index (Phi) is 44.1. The first-order chi connectivity index (χ1) is 30.6. The zero-order chi connectivity index (χ0) is 46.3. The van der Waals surface area contributed by atoms with Gasteiger partial charge in [0.25, 0.3) is 0 Å². The first-order valence-corrected chi connectivity index (χ1v) is 26.7. The van der Waals surface area contributed by atoms with Gasteiger partial charge in [0.2, 0.25) is 0 Å². The van der Waals surface area contributed by atoms with Gasteiger partial charge in [0.15, 0.2) is 6.10 Å². The zero-order valence-corrected chi connectivity index (χ0v) is 40.8. The molecule has 12 heteroatoms. The van der Waals surface area contributed by atoms with Crippen molar-refractivity contribution >= 4 is 25.7 Å². The minimum atomic E-state index is -4.73. The van der Waals surface area contributed by atoms with Crippen molar-refractivity contribution in [1.82, 2.24) is 0 Å². The SMILES string of the molecule is CC/C=C\C/C=C\C/C=C\C/C=C\CCCCCCC(=O)OC(COC(=O)CCCCCCCCCCCCCCCCCCCCCCCC)COP(=O)(O)OCC(N)C(=O)O. The van der Waals surface area contributed by atoms with Crippen LogP contribution in [-0.4, -0.2) is 59.9 Å². The van der Waals surface area contributed by atoms with Crippen molar-refractivity contribution in [3.8, 4) is 0 Å². The molecule has 0 aliphatic carbocycles. The highest BCUT2D eigenvalue weighted by molar-refractivity contribution is 7.47. The van der Waals surface area contributed by atoms with Crippen molar-refractivity contribution in [2.24, 2.45) is 5.73 Å². The quantitative estimate of drug-likeness (QED) is 0.0230. The summed E-state index contributed by atoms with van der Waals surface area (Å²) in [4.78, 5) is 46.1. The van der Waals surface area contributed by atoms with E-state index in [0.29, 0.717) is 12.8 Å². The Morgan fingerprint density at radius 2 is 0.889 bits per heavy atom. The van der Waals surface area contributed by atoms with Crippen molar-refractivity contribution in [2.45, 2.75) is 238 Å². The molecule has 0 amide bonds. The molecule has 0 fully saturated rings. The van der Waals surface area contributed by atoms with E-state index < -0.39 is 51.1 Å². The second kappa shape index (κ2) is 46.0. The number of allylic oxidation sites excluding steroid dienone is 8. The summed E-state index contributed by atoms with van der Waals surface area (Å²) in [5, 5.41) is 8.91. The number of ether oxygens (including phenoxy) is 2. The number of carboxylic acid groups (broad SMARTS) is 1. The minimum absolute atomic E-state index is 0.134. The van der Waals surface area contributed by atoms with Gasteiger partial charge in [-0.05, 0) is 51.4 Å². The summed E-state index contributed by atoms with van der Waals surface area (Å²) in [5.74, 6) is -2.40. The molecular formula is C51H92NO10P. The van der Waals surface area contributed by atoms with E-state index in [0.717, 1.165) is 70.6 Å². The number of phosphoric ester groups is 1. The van der Waals surface area contributed by atoms with Gasteiger partial charge in [-0.1, -0.05) is 210 Å². The van der Waals surface area contributed by atoms with Crippen molar-refractivity contribution in [3.63, 3.8) is 0 Å². The minimum Gasteiger partial charge on any atom is -0.480 e. The van der Waals surface area contributed by atoms with Gasteiger partial charge in [0.1, 0.15) is 12.6 Å². The van der Waals surface area contributed by atoms with Crippen LogP contribution in [0, 0.1) is 0 Å². The first kappa shape index (κ1) is 60.4. The molecule has 0 aromatic carbocycles. The molecule has 3 atom stereocenters. The lowest BCUT2D eigenvalue weighted by molar-refractivity contribution is -0.161. The molecule has 0 aliphatic heterocycles. The summed E-state index contributed by atoms with van der Waals surface area (Å²) in [5.41, 5.74) is 5.35. The van der Waals surface area contributed by atoms with Crippen LogP contribution in [0.4, 0.5) is 0 Å². The molecule has 4 N–H and O–H groups in total. The molecule has 11 nitrogen and oxygen atoms in total. The molecule has 0 saturated heterocycles. The third-order valence-electron chi connectivity index (χ3n) is 10.8. The van der Waals surface area contributed by atoms with Gasteiger partial charge >= 0.3 is 25.7 Å². The van der Waals surface area contributed by atoms with E-state index in [1.807, 2.05) is 0 Å². The molecule has 0 radical (unpaired) electrons. The molecule has 0 saturated carbocycles. The molecule has 0 aromatic rings. The Balaban J connectivity index is 4.25. The lowest BCUT2D eigenvalue weighted by Crippen LogP contribution is -2.34. The molecule has 0 bridgehead atoms. The first-order valence-electron chi connectivity index (χ1n) is 25.2. The molecular weight excluding hydrogens is 818 g/mol. The van der Waals surface area contributed by atoms with Crippen molar-refractivity contribution in [1.29, 1.82) is 0 Å². The monoisotopic (exact) mass is 910 g/mol. The molecule has 3 unspecified atom stereocenters. The Morgan fingerprint density at radius 1 is 0.508 bits per heavy atom. The van der Waals surface area contributed by atoms with E-state index in [9.17, 15) is 23.8 Å². The molecule has 0 aliphatic rings. The van der Waals surface area contributed by atoms with Crippen molar-refractivity contribution in [3.05, 3.63) is 48.6 Å². The second-order valence-corrected chi connectivity index (χ2v) is 18.4. The average Bonchev–Trinajstić information content (AvgIpc) is 3.26. The number of phosphoric acid groups is 1. The van der Waals surface area contributed by atoms with Crippen molar-refractivity contribution < 1.29 is 47.5 Å². The van der Waals surface area contributed by atoms with Crippen LogP contribution in [0.2, 0.25) is 0 Å². The van der Waals surface area contributed by atoms with Gasteiger partial charge in [0.05, 0.1) is 13.2 Å². The average molecular weight is 910 g/mol. The van der Waals surface area contributed by atoms with Gasteiger partial charge in [0, 0.05) is 12.8 Å². The third-order valence-corrected chi connectivity index (χ3v) is 11.8. The maximum Gasteiger partial charge on any atom is 0.472 e. The lowest BCUT2D eigenvalue weighted by Gasteiger charge is -2.20. The summed E-state index contributed by atoms with van der Waals surface area (Å²) in [7, 11) is -4.73. The maximum absolute atomic E-state index is 12.7. The lowest BCUT2D eigenvalue weighted by atomic mass is 10.0. The van der Waals surface area contributed by atoms with Crippen LogP contribution < -0.4 is 5.73 Å². The molecule has 0 spiro atoms. The number of nitrogens with two attached hydrogens (primary N) is 1. The number of carbonyl (C=O) groups excluding carboxylic acids is 2. The second-order valence-electron chi connectivity index (χ2n) is 16.9. The van der Waals surface area contributed by atoms with Crippen LogP contribution in [0.25, 0.3) is 0 Å². The van der Waals surface area contributed by atoms with Gasteiger partial charge in [-0.3, -0.25) is 23.4 Å². The van der Waals surface area contributed by atoms with Crippen molar-refractivity contribution in [2.75, 3.05) is 19.8 Å². The van der Waals surface area contributed by atoms with Gasteiger partial charge in [-0.25, -0.2) is 4.57 Å². The number of carboxylic acids is 1. The van der Waals surface area contributed by atoms with Crippen LogP contribution in [0.3, 0.4) is 0 Å². The highest BCUT2D eigenvalue weighted by Crippen LogP contribution is 2.43. The summed E-state index contributed by atoms with van der Waals surface area (Å²) in [6.07, 6.45) is 53.2. The molecule has 366 valence electrons. The van der Waals surface area contributed by atoms with E-state index in [-0.39, 0.29) is 19.4 Å². The highest BCUT2D eigenvalue weighted by atomic mass is 31.2. The number of esters is 2. The van der Waals surface area contributed by atoms with E-state index >= 15 is 0 Å². The number of hydrogen-bond acceptors (Lipinski definition) is 9. The Labute approximate surface area is 384 Å². The number of hydrogen-bond donors (Lipinski definition) is 3. The Morgan fingerprint density at radius 3 is 1.33 bits per heavy atom. The van der Waals surface area contributed by atoms with Crippen LogP contribution >= 0.6 is 7.82 Å². The topological polar surface area (TPSA) is 172 Å². The summed E-state index contributed by atoms with van der Waals surface area (Å²) < 4.78 is 32.8. The fourth-order valence-corrected chi connectivity index (χ4v) is 7.72. The summed E-state index contributed by atoms with van der Waals surface area (Å²) >= 11 is 0. The van der Waals surface area contributed by atoms with Crippen LogP contribution in [0.5, 0.6) is 0 Å². The predicted octanol–water partition coefficient (Wildman–Crippen LogP) is 14.1. The standard InChI is InChI=1S/C51H92NO10P/c1-3-5-7-9-11-13-15-17-19-21-22-23-24-25-27-28-30-32-34-36-38-40-42-49(53)59-44-47(45-60-63(57,58)61-46-48(52)51(55)56)62-50(54)43-41-39-37-35-33-31-29-26-20-18-16-14-12-10-8-6-4-2/h6,8,12,14,18,20,29,31,47-48H,3-5,7,9-11,13,15-17,19,21-28,30,32-46,52H2,1-2H3,(H,55,56)(H,57,58)/b8-6-,14-12-,20-18-,31-29-. The van der Waals surface area contributed by atoms with Gasteiger partial charge in [-0.2, -0.15) is 0 Å². The number of carbonyl (C=O) groups is 3. The normalized spacial score (nSPS) is 14.0. The summed E-state index contributed by atoms with van der Waals surface area (Å²) in [6, 6.07) is -1.53. The van der Waals surface area contributed by atoms with Crippen LogP contribution in [0.1, 0.15) is 226 Å². The smallest absolute Gasteiger partial charge is 0.472 e. The fraction of sp³-hybridized carbons (Fsp3) is 0.784. The number of aliphatic carboxylic acids is 1. The maximum atomic E-state index is 12.7. The summed E-state index contributed by atoms with van der Waals surface area (Å²) in [6.45, 7) is 2.70. The zero-order valence-electron chi connectivity index (χ0n) is 39.9. The largest absolute Gasteiger partial charge is 0.480 e. The number of rotatable bonds is 47. The molecule has 0 heterocycles. The van der Waals surface area contributed by atoms with Crippen LogP contribution in [0.15, 0.2) is 48.6 Å². The van der Waals surface area contributed by atoms with E-state index in [4.69, 9.17) is 24.8 Å². The fourth-order valence-electron chi connectivity index (χ4n) is 6.94. The third kappa shape index (κ3) is 45.8. The van der Waals surface area contributed by atoms with Gasteiger partial charge < -0.3 is 25.2 Å². The predicted molar refractivity (Wildman–Crippen MR) is 258 cm³/mol. The Hall–Kier alpha value is -2.56. The molecule has 0 rings (SSSR count). The number of unbranched alkanes of at least 4 members (excludes halogenated alkanes) is 25. The Bertz CT molecular complexity index is 1250.